The van der Waals surface area contributed by atoms with Crippen LogP contribution in [0.3, 0.4) is 0 Å². The zero-order chi connectivity index (χ0) is 18.7. The van der Waals surface area contributed by atoms with E-state index in [4.69, 9.17) is 33.7 Å². The first kappa shape index (κ1) is 18.9. The number of anilines is 1. The van der Waals surface area contributed by atoms with Crippen molar-refractivity contribution in [2.24, 2.45) is 0 Å². The normalized spacial score (nSPS) is 12.5. The molecule has 3 rings (SSSR count). The van der Waals surface area contributed by atoms with Crippen LogP contribution in [0, 0.1) is 4.78 Å². The lowest BCUT2D eigenvalue weighted by Crippen LogP contribution is -2.18. The quantitative estimate of drug-likeness (QED) is 0.314. The number of hydrogen-bond donors (Lipinski definition) is 3. The summed E-state index contributed by atoms with van der Waals surface area (Å²) in [6, 6.07) is 7.23. The third-order valence-corrected chi connectivity index (χ3v) is 5.68. The molecule has 0 aliphatic rings. The van der Waals surface area contributed by atoms with Gasteiger partial charge in [-0.15, -0.1) is 11.6 Å². The van der Waals surface area contributed by atoms with E-state index in [0.29, 0.717) is 39.5 Å². The lowest BCUT2D eigenvalue weighted by atomic mass is 10.2. The zero-order valence-corrected chi connectivity index (χ0v) is 16.2. The number of fused-ring (bicyclic) bond motifs is 1. The van der Waals surface area contributed by atoms with Gasteiger partial charge in [0.1, 0.15) is 5.52 Å². The summed E-state index contributed by atoms with van der Waals surface area (Å²) in [5.74, 6) is 1.36. The second-order valence-electron chi connectivity index (χ2n) is 5.72. The Balaban J connectivity index is 1.98. The lowest BCUT2D eigenvalue weighted by Gasteiger charge is -2.07. The number of halogens is 2. The molecule has 1 atom stereocenters. The Morgan fingerprint density at radius 1 is 1.23 bits per heavy atom. The van der Waals surface area contributed by atoms with Crippen molar-refractivity contribution >= 4 is 50.9 Å². The number of rotatable bonds is 7. The van der Waals surface area contributed by atoms with Crippen molar-refractivity contribution in [1.29, 1.82) is 4.78 Å². The first-order valence-corrected chi connectivity index (χ1v) is 10.3. The second-order valence-corrected chi connectivity index (χ2v) is 8.09. The summed E-state index contributed by atoms with van der Waals surface area (Å²) in [4.78, 5) is 23.7. The monoisotopic (exact) mass is 412 g/mol. The summed E-state index contributed by atoms with van der Waals surface area (Å²) in [5.41, 5.74) is 7.38. The van der Waals surface area contributed by atoms with Gasteiger partial charge in [-0.2, -0.15) is 0 Å². The van der Waals surface area contributed by atoms with Crippen LogP contribution in [0.4, 0.5) is 5.82 Å². The van der Waals surface area contributed by atoms with Crippen molar-refractivity contribution < 1.29 is 0 Å². The molecule has 2 heterocycles. The van der Waals surface area contributed by atoms with Crippen LogP contribution in [-0.4, -0.2) is 31.2 Å². The number of hydrogen-bond acceptors (Lipinski definition) is 5. The fourth-order valence-corrected chi connectivity index (χ4v) is 3.89. The van der Waals surface area contributed by atoms with Crippen molar-refractivity contribution in [2.45, 2.75) is 24.5 Å². The van der Waals surface area contributed by atoms with E-state index in [1.807, 2.05) is 12.1 Å². The van der Waals surface area contributed by atoms with Crippen LogP contribution in [0.1, 0.15) is 18.4 Å². The summed E-state index contributed by atoms with van der Waals surface area (Å²) >= 11 is 11.6. The molecular formula is C16H18Cl2N6OS. The Morgan fingerprint density at radius 2 is 1.96 bits per heavy atom. The zero-order valence-electron chi connectivity index (χ0n) is 13.8. The van der Waals surface area contributed by atoms with Gasteiger partial charge < -0.3 is 10.7 Å². The van der Waals surface area contributed by atoms with Crippen molar-refractivity contribution in [3.05, 3.63) is 45.3 Å². The van der Waals surface area contributed by atoms with Gasteiger partial charge in [0, 0.05) is 16.7 Å². The van der Waals surface area contributed by atoms with Crippen molar-refractivity contribution in [2.75, 3.05) is 17.4 Å². The van der Waals surface area contributed by atoms with E-state index in [1.165, 1.54) is 4.57 Å². The first-order valence-electron chi connectivity index (χ1n) is 7.98. The van der Waals surface area contributed by atoms with Crippen molar-refractivity contribution in [1.82, 2.24) is 19.5 Å². The van der Waals surface area contributed by atoms with E-state index in [0.717, 1.165) is 18.4 Å². The maximum atomic E-state index is 12.4. The standard InChI is InChI=1S/C16H18Cl2N6OS/c17-7-1-2-8-26(20)15-22-13(19)12-14(23-15)24(16(25)21-12)9-10-3-5-11(18)6-4-10/h3-6,20H,1-2,7-9H2,(H,21,25)(H2,19,22,23). The van der Waals surface area contributed by atoms with Gasteiger partial charge in [0.25, 0.3) is 0 Å². The van der Waals surface area contributed by atoms with Gasteiger partial charge >= 0.3 is 5.69 Å². The molecule has 26 heavy (non-hydrogen) atoms. The molecule has 0 saturated carbocycles. The topological polar surface area (TPSA) is 113 Å². The molecule has 0 aliphatic heterocycles. The van der Waals surface area contributed by atoms with Crippen LogP contribution in [0.25, 0.3) is 11.2 Å². The van der Waals surface area contributed by atoms with Crippen LogP contribution in [0.15, 0.2) is 34.2 Å². The number of nitrogens with zero attached hydrogens (tertiary/aromatic N) is 3. The smallest absolute Gasteiger partial charge is 0.328 e. The number of imidazole rings is 1. The molecule has 3 aromatic rings. The Morgan fingerprint density at radius 3 is 2.65 bits per heavy atom. The number of aromatic amines is 1. The maximum absolute atomic E-state index is 12.4. The Hall–Kier alpha value is -1.90. The van der Waals surface area contributed by atoms with E-state index >= 15 is 0 Å². The van der Waals surface area contributed by atoms with Gasteiger partial charge in [0.2, 0.25) is 5.16 Å². The Bertz CT molecular complexity index is 998. The Kier molecular flexibility index (Phi) is 5.95. The van der Waals surface area contributed by atoms with E-state index in [1.54, 1.807) is 12.1 Å². The highest BCUT2D eigenvalue weighted by molar-refractivity contribution is 7.85. The summed E-state index contributed by atoms with van der Waals surface area (Å²) in [6.45, 7) is 0.323. The fourth-order valence-electron chi connectivity index (χ4n) is 2.49. The molecule has 138 valence electrons. The average Bonchev–Trinajstić information content (AvgIpc) is 2.93. The summed E-state index contributed by atoms with van der Waals surface area (Å²) in [5, 5.41) is 0.970. The first-order chi connectivity index (χ1) is 12.5. The van der Waals surface area contributed by atoms with Crippen LogP contribution in [0.2, 0.25) is 5.02 Å². The molecule has 0 aliphatic carbocycles. The van der Waals surface area contributed by atoms with Crippen LogP contribution in [0.5, 0.6) is 0 Å². The van der Waals surface area contributed by atoms with Crippen molar-refractivity contribution in [3.8, 4) is 0 Å². The third kappa shape index (κ3) is 4.08. The number of benzene rings is 1. The van der Waals surface area contributed by atoms with E-state index < -0.39 is 10.7 Å². The largest absolute Gasteiger partial charge is 0.382 e. The number of aromatic nitrogens is 4. The molecule has 10 heteroatoms. The van der Waals surface area contributed by atoms with E-state index in [2.05, 4.69) is 15.0 Å². The molecule has 7 nitrogen and oxygen atoms in total. The average molecular weight is 413 g/mol. The highest BCUT2D eigenvalue weighted by Crippen LogP contribution is 2.18. The second kappa shape index (κ2) is 8.20. The van der Waals surface area contributed by atoms with Crippen LogP contribution >= 0.6 is 23.2 Å². The van der Waals surface area contributed by atoms with Gasteiger partial charge in [0.05, 0.1) is 6.54 Å². The third-order valence-electron chi connectivity index (χ3n) is 3.84. The number of nitrogen functional groups attached to an aromatic ring is 1. The number of H-pyrrole nitrogens is 1. The van der Waals surface area contributed by atoms with Gasteiger partial charge in [-0.3, -0.25) is 9.35 Å². The maximum Gasteiger partial charge on any atom is 0.328 e. The molecule has 0 radical (unpaired) electrons. The van der Waals surface area contributed by atoms with Crippen LogP contribution in [-0.2, 0) is 17.2 Å². The number of nitrogens with two attached hydrogens (primary N) is 1. The summed E-state index contributed by atoms with van der Waals surface area (Å²) < 4.78 is 9.77. The summed E-state index contributed by atoms with van der Waals surface area (Å²) in [7, 11) is -0.907. The minimum Gasteiger partial charge on any atom is -0.382 e. The number of nitrogens with one attached hydrogen (secondary N) is 2. The molecule has 0 bridgehead atoms. The molecule has 0 spiro atoms. The molecule has 0 fully saturated rings. The summed E-state index contributed by atoms with van der Waals surface area (Å²) in [6.07, 6.45) is 1.66. The molecule has 1 aromatic carbocycles. The predicted molar refractivity (Wildman–Crippen MR) is 106 cm³/mol. The molecule has 2 aromatic heterocycles. The highest BCUT2D eigenvalue weighted by Gasteiger charge is 2.15. The molecule has 0 amide bonds. The molecule has 0 saturated heterocycles. The van der Waals surface area contributed by atoms with Gasteiger partial charge in [0.15, 0.2) is 11.5 Å². The minimum absolute atomic E-state index is 0.180. The van der Waals surface area contributed by atoms with Gasteiger partial charge in [-0.05, 0) is 41.2 Å². The van der Waals surface area contributed by atoms with Gasteiger partial charge in [-0.25, -0.2) is 14.8 Å². The molecule has 4 N–H and O–H groups in total. The van der Waals surface area contributed by atoms with Crippen LogP contribution < -0.4 is 11.4 Å². The molecule has 1 unspecified atom stereocenters. The SMILES string of the molecule is N=S(CCCCCl)c1nc(N)c2[nH]c(=O)n(Cc3ccc(Cl)cc3)c2n1. The van der Waals surface area contributed by atoms with Gasteiger partial charge in [-0.1, -0.05) is 23.7 Å². The Labute approximate surface area is 162 Å². The lowest BCUT2D eigenvalue weighted by molar-refractivity contribution is 0.771. The van der Waals surface area contributed by atoms with Crippen molar-refractivity contribution in [3.63, 3.8) is 0 Å². The highest BCUT2D eigenvalue weighted by atomic mass is 35.5. The minimum atomic E-state index is -0.907. The molecular weight excluding hydrogens is 395 g/mol. The van der Waals surface area contributed by atoms with E-state index in [-0.39, 0.29) is 11.5 Å². The predicted octanol–water partition coefficient (Wildman–Crippen LogP) is 3.16. The van der Waals surface area contributed by atoms with E-state index in [9.17, 15) is 4.79 Å². The number of unbranched alkanes of at least 4 members (excludes halogenated alkanes) is 1. The number of alkyl halides is 1. The fraction of sp³-hybridized carbons (Fsp3) is 0.312.